The van der Waals surface area contributed by atoms with E-state index in [9.17, 15) is 9.59 Å². The lowest BCUT2D eigenvalue weighted by molar-refractivity contribution is -0.138. The highest BCUT2D eigenvalue weighted by molar-refractivity contribution is 6.25. The Bertz CT molecular complexity index is 624. The van der Waals surface area contributed by atoms with E-state index in [1.54, 1.807) is 26.0 Å². The average molecular weight is 337 g/mol. The summed E-state index contributed by atoms with van der Waals surface area (Å²) in [5, 5.41) is 11.5. The Hall–Kier alpha value is -2.54. The number of ether oxygens (including phenoxy) is 3. The van der Waals surface area contributed by atoms with Crippen molar-refractivity contribution in [2.45, 2.75) is 13.8 Å². The zero-order valence-corrected chi connectivity index (χ0v) is 14.3. The van der Waals surface area contributed by atoms with Crippen molar-refractivity contribution in [3.63, 3.8) is 0 Å². The van der Waals surface area contributed by atoms with Crippen molar-refractivity contribution in [2.75, 3.05) is 34.0 Å². The van der Waals surface area contributed by atoms with E-state index in [2.05, 4.69) is 5.32 Å². The molecule has 0 aromatic heterocycles. The maximum Gasteiger partial charge on any atom is 0.343 e. The highest BCUT2D eigenvalue weighted by Gasteiger charge is 2.25. The van der Waals surface area contributed by atoms with Gasteiger partial charge in [-0.3, -0.25) is 4.79 Å². The molecule has 0 aliphatic heterocycles. The number of hydrogen-bond donors (Lipinski definition) is 2. The van der Waals surface area contributed by atoms with Crippen LogP contribution in [0.4, 0.5) is 0 Å². The SMILES string of the molecule is CCOC(=O)/C(=C\NCCO)C(=O)c1cc(C)c(OC)cc1OC. The van der Waals surface area contributed by atoms with E-state index in [-0.39, 0.29) is 30.9 Å². The first-order valence-electron chi connectivity index (χ1n) is 7.48. The van der Waals surface area contributed by atoms with Crippen molar-refractivity contribution < 1.29 is 28.9 Å². The number of rotatable bonds is 9. The van der Waals surface area contributed by atoms with Crippen LogP contribution in [0.15, 0.2) is 23.9 Å². The van der Waals surface area contributed by atoms with E-state index in [1.165, 1.54) is 20.4 Å². The quantitative estimate of drug-likeness (QED) is 0.175. The predicted molar refractivity (Wildman–Crippen MR) is 88.4 cm³/mol. The molecular weight excluding hydrogens is 314 g/mol. The third kappa shape index (κ3) is 4.73. The van der Waals surface area contributed by atoms with E-state index >= 15 is 0 Å². The summed E-state index contributed by atoms with van der Waals surface area (Å²) in [5.41, 5.74) is 0.780. The number of benzene rings is 1. The number of hydrogen-bond acceptors (Lipinski definition) is 7. The topological polar surface area (TPSA) is 94.1 Å². The van der Waals surface area contributed by atoms with E-state index in [1.807, 2.05) is 0 Å². The lowest BCUT2D eigenvalue weighted by Gasteiger charge is -2.13. The molecule has 0 saturated heterocycles. The zero-order chi connectivity index (χ0) is 18.1. The van der Waals surface area contributed by atoms with Gasteiger partial charge in [-0.15, -0.1) is 0 Å². The van der Waals surface area contributed by atoms with Crippen LogP contribution in [0, 0.1) is 6.92 Å². The van der Waals surface area contributed by atoms with Crippen LogP contribution in [0.5, 0.6) is 11.5 Å². The molecule has 1 rings (SSSR count). The first-order valence-corrected chi connectivity index (χ1v) is 7.48. The lowest BCUT2D eigenvalue weighted by Crippen LogP contribution is -2.21. The summed E-state index contributed by atoms with van der Waals surface area (Å²) in [6.07, 6.45) is 1.25. The Balaban J connectivity index is 3.29. The highest BCUT2D eigenvalue weighted by atomic mass is 16.5. The molecular formula is C17H23NO6. The van der Waals surface area contributed by atoms with Gasteiger partial charge in [-0.05, 0) is 25.5 Å². The predicted octanol–water partition coefficient (Wildman–Crippen LogP) is 1.22. The first kappa shape index (κ1) is 19.5. The normalized spacial score (nSPS) is 11.0. The monoisotopic (exact) mass is 337 g/mol. The fourth-order valence-corrected chi connectivity index (χ4v) is 2.05. The molecule has 0 heterocycles. The van der Waals surface area contributed by atoms with Crippen molar-refractivity contribution in [3.05, 3.63) is 35.0 Å². The molecule has 0 fully saturated rings. The number of aliphatic hydroxyl groups is 1. The number of carbonyl (C=O) groups excluding carboxylic acids is 2. The summed E-state index contributed by atoms with van der Waals surface area (Å²) in [5.74, 6) is -0.423. The molecule has 0 unspecified atom stereocenters. The minimum absolute atomic E-state index is 0.133. The molecule has 0 spiro atoms. The van der Waals surface area contributed by atoms with Gasteiger partial charge in [-0.2, -0.15) is 0 Å². The summed E-state index contributed by atoms with van der Waals surface area (Å²) in [6.45, 7) is 3.65. The van der Waals surface area contributed by atoms with Gasteiger partial charge >= 0.3 is 5.97 Å². The second kappa shape index (κ2) is 9.57. The number of carbonyl (C=O) groups is 2. The largest absolute Gasteiger partial charge is 0.496 e. The molecule has 2 N–H and O–H groups in total. The molecule has 1 aromatic rings. The highest BCUT2D eigenvalue weighted by Crippen LogP contribution is 2.30. The minimum atomic E-state index is -0.747. The van der Waals surface area contributed by atoms with Crippen LogP contribution < -0.4 is 14.8 Å². The molecule has 0 aliphatic rings. The fraction of sp³-hybridized carbons (Fsp3) is 0.412. The Morgan fingerprint density at radius 2 is 1.88 bits per heavy atom. The van der Waals surface area contributed by atoms with Gasteiger partial charge in [0.2, 0.25) is 5.78 Å². The van der Waals surface area contributed by atoms with Gasteiger partial charge in [0.15, 0.2) is 0 Å². The molecule has 0 saturated carbocycles. The molecule has 0 aliphatic carbocycles. The van der Waals surface area contributed by atoms with Gasteiger partial charge in [0.05, 0.1) is 33.0 Å². The maximum atomic E-state index is 12.8. The Labute approximate surface area is 141 Å². The molecule has 0 atom stereocenters. The van der Waals surface area contributed by atoms with Crippen LogP contribution in [0.3, 0.4) is 0 Å². The molecule has 0 amide bonds. The van der Waals surface area contributed by atoms with E-state index < -0.39 is 11.8 Å². The van der Waals surface area contributed by atoms with Crippen molar-refractivity contribution >= 4 is 11.8 Å². The van der Waals surface area contributed by atoms with Crippen LogP contribution in [-0.4, -0.2) is 50.8 Å². The maximum absolute atomic E-state index is 12.8. The number of ketones is 1. The van der Waals surface area contributed by atoms with Gasteiger partial charge in [0.1, 0.15) is 17.1 Å². The molecule has 7 nitrogen and oxygen atoms in total. The van der Waals surface area contributed by atoms with Gasteiger partial charge < -0.3 is 24.6 Å². The fourth-order valence-electron chi connectivity index (χ4n) is 2.05. The molecule has 0 radical (unpaired) electrons. The molecule has 0 bridgehead atoms. The van der Waals surface area contributed by atoms with Gasteiger partial charge in [-0.1, -0.05) is 0 Å². The van der Waals surface area contributed by atoms with E-state index in [0.717, 1.165) is 5.56 Å². The Morgan fingerprint density at radius 3 is 2.42 bits per heavy atom. The number of methoxy groups -OCH3 is 2. The summed E-state index contributed by atoms with van der Waals surface area (Å²) in [7, 11) is 2.95. The molecule has 24 heavy (non-hydrogen) atoms. The van der Waals surface area contributed by atoms with Crippen LogP contribution >= 0.6 is 0 Å². The molecule has 7 heteroatoms. The number of Topliss-reactive ketones (excluding diaryl/α,β-unsaturated/α-hetero) is 1. The summed E-state index contributed by atoms with van der Waals surface area (Å²) < 4.78 is 15.4. The van der Waals surface area contributed by atoms with E-state index in [0.29, 0.717) is 11.5 Å². The van der Waals surface area contributed by atoms with Crippen molar-refractivity contribution in [1.82, 2.24) is 5.32 Å². The smallest absolute Gasteiger partial charge is 0.343 e. The van der Waals surface area contributed by atoms with Crippen molar-refractivity contribution in [1.29, 1.82) is 0 Å². The number of esters is 1. The van der Waals surface area contributed by atoms with Crippen LogP contribution in [0.2, 0.25) is 0 Å². The average Bonchev–Trinajstić information content (AvgIpc) is 2.58. The number of aliphatic hydroxyl groups excluding tert-OH is 1. The summed E-state index contributed by atoms with van der Waals surface area (Å²) in [4.78, 5) is 24.9. The Kier molecular flexibility index (Phi) is 7.77. The second-order valence-corrected chi connectivity index (χ2v) is 4.81. The standard InChI is InChI=1S/C17H23NO6/c1-5-24-17(21)13(10-18-6-7-19)16(20)12-8-11(2)14(22-3)9-15(12)23-4/h8-10,18-19H,5-7H2,1-4H3/b13-10-. The first-order chi connectivity index (χ1) is 11.5. The number of nitrogens with one attached hydrogen (secondary N) is 1. The van der Waals surface area contributed by atoms with Gasteiger partial charge in [-0.25, -0.2) is 4.79 Å². The number of aryl methyl sites for hydroxylation is 1. The summed E-state index contributed by atoms with van der Waals surface area (Å²) in [6, 6.07) is 3.19. The Morgan fingerprint density at radius 1 is 1.21 bits per heavy atom. The molecule has 1 aromatic carbocycles. The van der Waals surface area contributed by atoms with Crippen molar-refractivity contribution in [2.24, 2.45) is 0 Å². The zero-order valence-electron chi connectivity index (χ0n) is 14.3. The third-order valence-corrected chi connectivity index (χ3v) is 3.20. The lowest BCUT2D eigenvalue weighted by atomic mass is 10.0. The summed E-state index contributed by atoms with van der Waals surface area (Å²) >= 11 is 0. The van der Waals surface area contributed by atoms with Crippen molar-refractivity contribution in [3.8, 4) is 11.5 Å². The van der Waals surface area contributed by atoms with Gasteiger partial charge in [0.25, 0.3) is 0 Å². The van der Waals surface area contributed by atoms with Crippen LogP contribution in [0.25, 0.3) is 0 Å². The van der Waals surface area contributed by atoms with Crippen LogP contribution in [-0.2, 0) is 9.53 Å². The molecule has 132 valence electrons. The van der Waals surface area contributed by atoms with Gasteiger partial charge in [0, 0.05) is 18.8 Å². The second-order valence-electron chi connectivity index (χ2n) is 4.81. The minimum Gasteiger partial charge on any atom is -0.496 e. The van der Waals surface area contributed by atoms with E-state index in [4.69, 9.17) is 19.3 Å². The third-order valence-electron chi connectivity index (χ3n) is 3.20. The van der Waals surface area contributed by atoms with Crippen LogP contribution in [0.1, 0.15) is 22.8 Å².